The Balaban J connectivity index is 1.11. The molecule has 0 spiro atoms. The smallest absolute Gasteiger partial charge is 0.378 e. The summed E-state index contributed by atoms with van der Waals surface area (Å²) < 4.78 is 39.8. The van der Waals surface area contributed by atoms with E-state index < -0.39 is 34.7 Å². The van der Waals surface area contributed by atoms with E-state index in [-0.39, 0.29) is 36.2 Å². The second kappa shape index (κ2) is 13.6. The summed E-state index contributed by atoms with van der Waals surface area (Å²) >= 11 is 1.46. The third-order valence-electron chi connectivity index (χ3n) is 9.83. The minimum absolute atomic E-state index is 0.131. The molecule has 1 saturated carbocycles. The first kappa shape index (κ1) is 34.4. The highest BCUT2D eigenvalue weighted by Crippen LogP contribution is 2.54. The van der Waals surface area contributed by atoms with E-state index in [2.05, 4.69) is 4.98 Å². The summed E-state index contributed by atoms with van der Waals surface area (Å²) in [6.07, 6.45) is -4.11. The van der Waals surface area contributed by atoms with E-state index in [1.54, 1.807) is 11.9 Å². The number of carbonyl (C=O) groups is 2. The SMILES string of the molecule is CN(C(=O)c1csc(C2(c3nc4c(c(=O)[nH]3)CN(C(=O)[C@H](O)c3cccc(C(F)(F)F)c3)CCC4)CC2)c1)C(c1ccccc1)c1ccccc1. The van der Waals surface area contributed by atoms with Crippen molar-refractivity contribution in [2.75, 3.05) is 13.6 Å². The number of nitrogens with zero attached hydrogens (tertiary/aromatic N) is 3. The van der Waals surface area contributed by atoms with Crippen LogP contribution in [0.4, 0.5) is 13.2 Å². The number of aliphatic hydroxyl groups excluding tert-OH is 1. The van der Waals surface area contributed by atoms with Gasteiger partial charge >= 0.3 is 6.18 Å². The molecular weight excluding hydrogens is 678 g/mol. The molecule has 8 nitrogen and oxygen atoms in total. The standard InChI is InChI=1S/C39H35F3N4O4S/c1-45(32(24-10-4-2-5-11-24)25-12-6-3-7-13-25)35(49)27-21-31(51-23-27)38(17-18-38)37-43-30-16-9-19-46(22-29(30)34(48)44-37)36(50)33(47)26-14-8-15-28(20-26)39(40,41)42/h2-8,10-15,20-21,23,32-33,47H,9,16-19,22H2,1H3,(H,43,44,48)/t33-/m1/s1. The molecular formula is C39H35F3N4O4S. The molecule has 1 aliphatic carbocycles. The number of carbonyl (C=O) groups excluding carboxylic acids is 2. The largest absolute Gasteiger partial charge is 0.416 e. The average Bonchev–Trinajstić information content (AvgIpc) is 3.85. The van der Waals surface area contributed by atoms with Crippen LogP contribution in [0.15, 0.2) is 101 Å². The van der Waals surface area contributed by atoms with Gasteiger partial charge in [0.25, 0.3) is 17.4 Å². The Hall–Kier alpha value is -5.07. The molecule has 2 aliphatic rings. The molecule has 1 atom stereocenters. The third kappa shape index (κ3) is 6.73. The van der Waals surface area contributed by atoms with Gasteiger partial charge in [-0.15, -0.1) is 11.3 Å². The van der Waals surface area contributed by atoms with Crippen molar-refractivity contribution in [2.45, 2.75) is 56.0 Å². The Labute approximate surface area is 296 Å². The van der Waals surface area contributed by atoms with Gasteiger partial charge in [-0.2, -0.15) is 13.2 Å². The van der Waals surface area contributed by atoms with Crippen LogP contribution in [0.5, 0.6) is 0 Å². The first-order valence-electron chi connectivity index (χ1n) is 16.7. The lowest BCUT2D eigenvalue weighted by Crippen LogP contribution is -2.36. The maximum atomic E-state index is 14.0. The number of H-pyrrole nitrogens is 1. The van der Waals surface area contributed by atoms with Gasteiger partial charge in [0.1, 0.15) is 5.82 Å². The minimum atomic E-state index is -4.62. The number of thiophene rings is 1. The lowest BCUT2D eigenvalue weighted by Gasteiger charge is -2.29. The summed E-state index contributed by atoms with van der Waals surface area (Å²) in [5.74, 6) is -0.408. The number of halogens is 3. The third-order valence-corrected chi connectivity index (χ3v) is 11.0. The summed E-state index contributed by atoms with van der Waals surface area (Å²) in [6, 6.07) is 25.4. The predicted molar refractivity (Wildman–Crippen MR) is 186 cm³/mol. The van der Waals surface area contributed by atoms with E-state index in [1.165, 1.54) is 22.3 Å². The summed E-state index contributed by atoms with van der Waals surface area (Å²) in [5.41, 5.74) is 1.27. The zero-order valence-electron chi connectivity index (χ0n) is 27.7. The first-order chi connectivity index (χ1) is 24.5. The number of aromatic amines is 1. The lowest BCUT2D eigenvalue weighted by molar-refractivity contribution is -0.142. The van der Waals surface area contributed by atoms with Crippen molar-refractivity contribution >= 4 is 23.2 Å². The molecule has 3 aromatic carbocycles. The van der Waals surface area contributed by atoms with Gasteiger partial charge in [-0.1, -0.05) is 72.8 Å². The molecule has 2 N–H and O–H groups in total. The Morgan fingerprint density at radius 3 is 2.24 bits per heavy atom. The number of aryl methyl sites for hydroxylation is 1. The zero-order valence-corrected chi connectivity index (χ0v) is 28.5. The summed E-state index contributed by atoms with van der Waals surface area (Å²) in [6.45, 7) is 0.0653. The number of rotatable bonds is 8. The molecule has 12 heteroatoms. The fraction of sp³-hybridized carbons (Fsp3) is 0.282. The topological polar surface area (TPSA) is 107 Å². The van der Waals surface area contributed by atoms with Gasteiger partial charge in [-0.3, -0.25) is 14.4 Å². The summed E-state index contributed by atoms with van der Waals surface area (Å²) in [4.78, 5) is 52.7. The number of benzene rings is 3. The fourth-order valence-corrected chi connectivity index (χ4v) is 8.04. The highest BCUT2D eigenvalue weighted by atomic mass is 32.1. The zero-order chi connectivity index (χ0) is 35.9. The second-order valence-corrected chi connectivity index (χ2v) is 14.1. The van der Waals surface area contributed by atoms with Crippen LogP contribution in [-0.4, -0.2) is 50.3 Å². The molecule has 7 rings (SSSR count). The van der Waals surface area contributed by atoms with E-state index in [9.17, 15) is 32.7 Å². The van der Waals surface area contributed by atoms with E-state index in [0.717, 1.165) is 47.0 Å². The van der Waals surface area contributed by atoms with Crippen molar-refractivity contribution in [1.82, 2.24) is 19.8 Å². The molecule has 0 unspecified atom stereocenters. The highest BCUT2D eigenvalue weighted by molar-refractivity contribution is 7.10. The van der Waals surface area contributed by atoms with Crippen molar-refractivity contribution in [3.8, 4) is 0 Å². The van der Waals surface area contributed by atoms with Gasteiger partial charge in [0.2, 0.25) is 0 Å². The van der Waals surface area contributed by atoms with Crippen LogP contribution in [0.25, 0.3) is 0 Å². The van der Waals surface area contributed by atoms with Crippen LogP contribution in [0.3, 0.4) is 0 Å². The predicted octanol–water partition coefficient (Wildman–Crippen LogP) is 6.80. The Bertz CT molecular complexity index is 2090. The Kier molecular flexibility index (Phi) is 9.15. The molecule has 262 valence electrons. The Morgan fingerprint density at radius 2 is 1.61 bits per heavy atom. The molecule has 51 heavy (non-hydrogen) atoms. The number of hydrogen-bond donors (Lipinski definition) is 2. The van der Waals surface area contributed by atoms with Crippen LogP contribution in [0.2, 0.25) is 0 Å². The van der Waals surface area contributed by atoms with E-state index in [4.69, 9.17) is 4.98 Å². The Morgan fingerprint density at radius 1 is 0.961 bits per heavy atom. The molecule has 3 heterocycles. The van der Waals surface area contributed by atoms with Crippen LogP contribution in [0, 0.1) is 0 Å². The average molecular weight is 713 g/mol. The quantitative estimate of drug-likeness (QED) is 0.184. The molecule has 0 bridgehead atoms. The minimum Gasteiger partial charge on any atom is -0.378 e. The van der Waals surface area contributed by atoms with Crippen molar-refractivity contribution in [3.05, 3.63) is 157 Å². The van der Waals surface area contributed by atoms with Crippen LogP contribution < -0.4 is 5.56 Å². The number of nitrogens with one attached hydrogen (secondary N) is 1. The van der Waals surface area contributed by atoms with Crippen molar-refractivity contribution in [2.24, 2.45) is 0 Å². The van der Waals surface area contributed by atoms with Crippen molar-refractivity contribution < 1.29 is 27.9 Å². The van der Waals surface area contributed by atoms with Gasteiger partial charge in [0.05, 0.1) is 40.4 Å². The van der Waals surface area contributed by atoms with Crippen LogP contribution >= 0.6 is 11.3 Å². The number of fused-ring (bicyclic) bond motifs is 1. The number of aliphatic hydroxyl groups is 1. The van der Waals surface area contributed by atoms with Gasteiger partial charge < -0.3 is 19.9 Å². The second-order valence-electron chi connectivity index (χ2n) is 13.2. The monoisotopic (exact) mass is 712 g/mol. The van der Waals surface area contributed by atoms with Crippen molar-refractivity contribution in [1.29, 1.82) is 0 Å². The summed E-state index contributed by atoms with van der Waals surface area (Å²) in [7, 11) is 1.80. The highest BCUT2D eigenvalue weighted by Gasteiger charge is 2.50. The van der Waals surface area contributed by atoms with Crippen molar-refractivity contribution in [3.63, 3.8) is 0 Å². The van der Waals surface area contributed by atoms with Gasteiger partial charge in [-0.05, 0) is 60.6 Å². The molecule has 2 aromatic heterocycles. The molecule has 5 aromatic rings. The maximum Gasteiger partial charge on any atom is 0.416 e. The maximum absolute atomic E-state index is 14.0. The molecule has 2 amide bonds. The van der Waals surface area contributed by atoms with Gasteiger partial charge in [-0.25, -0.2) is 4.98 Å². The normalized spacial score (nSPS) is 15.9. The van der Waals surface area contributed by atoms with Crippen LogP contribution in [0.1, 0.15) is 86.0 Å². The van der Waals surface area contributed by atoms with E-state index >= 15 is 0 Å². The summed E-state index contributed by atoms with van der Waals surface area (Å²) in [5, 5.41) is 12.6. The fourth-order valence-electron chi connectivity index (χ4n) is 6.89. The molecule has 1 aliphatic heterocycles. The number of alkyl halides is 3. The first-order valence-corrected chi connectivity index (χ1v) is 17.6. The number of hydrogen-bond acceptors (Lipinski definition) is 6. The van der Waals surface area contributed by atoms with Gasteiger partial charge in [0, 0.05) is 23.8 Å². The molecule has 0 radical (unpaired) electrons. The number of aromatic nitrogens is 2. The number of amides is 2. The van der Waals surface area contributed by atoms with Crippen LogP contribution in [-0.2, 0) is 29.4 Å². The van der Waals surface area contributed by atoms with Gasteiger partial charge in [0.15, 0.2) is 6.10 Å². The lowest BCUT2D eigenvalue weighted by atomic mass is 9.96. The molecule has 0 saturated heterocycles. The van der Waals surface area contributed by atoms with E-state index in [1.807, 2.05) is 72.1 Å². The van der Waals surface area contributed by atoms with E-state index in [0.29, 0.717) is 29.9 Å². The molecule has 1 fully saturated rings.